The van der Waals surface area contributed by atoms with Crippen LogP contribution >= 0.6 is 0 Å². The highest BCUT2D eigenvalue weighted by molar-refractivity contribution is 5.67. The van der Waals surface area contributed by atoms with Gasteiger partial charge in [0.05, 0.1) is 5.56 Å². The van der Waals surface area contributed by atoms with E-state index in [1.807, 2.05) is 57.2 Å². The Kier molecular flexibility index (Phi) is 2.79. The number of rotatable bonds is 2. The summed E-state index contributed by atoms with van der Waals surface area (Å²) in [5, 5.41) is 2.76. The summed E-state index contributed by atoms with van der Waals surface area (Å²) >= 11 is 0. The summed E-state index contributed by atoms with van der Waals surface area (Å²) in [6.07, 6.45) is 0. The molecule has 1 aromatic carbocycles. The fraction of sp³-hybridized carbons (Fsp3) is 0.308. The van der Waals surface area contributed by atoms with E-state index in [0.717, 1.165) is 22.5 Å². The first kappa shape index (κ1) is 11.5. The van der Waals surface area contributed by atoms with Gasteiger partial charge < -0.3 is 4.90 Å². The Morgan fingerprint density at radius 3 is 2.18 bits per heavy atom. The lowest BCUT2D eigenvalue weighted by Gasteiger charge is -2.12. The minimum atomic E-state index is -0.0393. The SMILES string of the molecule is Cc1c(-c2ccc(N(C)C)cc2)c(=O)[nH]n1C. The van der Waals surface area contributed by atoms with E-state index in [0.29, 0.717) is 0 Å². The van der Waals surface area contributed by atoms with E-state index in [4.69, 9.17) is 0 Å². The molecule has 0 amide bonds. The third kappa shape index (κ3) is 1.98. The first-order valence-corrected chi connectivity index (χ1v) is 5.54. The zero-order chi connectivity index (χ0) is 12.6. The fourth-order valence-corrected chi connectivity index (χ4v) is 1.89. The van der Waals surface area contributed by atoms with E-state index in [1.165, 1.54) is 0 Å². The topological polar surface area (TPSA) is 41.0 Å². The summed E-state index contributed by atoms with van der Waals surface area (Å²) in [6.45, 7) is 1.94. The zero-order valence-electron chi connectivity index (χ0n) is 10.6. The molecule has 90 valence electrons. The largest absolute Gasteiger partial charge is 0.378 e. The number of nitrogens with zero attached hydrogens (tertiary/aromatic N) is 2. The van der Waals surface area contributed by atoms with Crippen molar-refractivity contribution < 1.29 is 0 Å². The molecular formula is C13H17N3O. The quantitative estimate of drug-likeness (QED) is 0.855. The summed E-state index contributed by atoms with van der Waals surface area (Å²) in [5.41, 5.74) is 3.74. The molecule has 0 atom stereocenters. The molecule has 0 saturated carbocycles. The molecule has 1 aromatic heterocycles. The van der Waals surface area contributed by atoms with Crippen LogP contribution in [0.4, 0.5) is 5.69 Å². The van der Waals surface area contributed by atoms with Gasteiger partial charge in [0.15, 0.2) is 0 Å². The predicted molar refractivity (Wildman–Crippen MR) is 70.5 cm³/mol. The average Bonchev–Trinajstić information content (AvgIpc) is 2.53. The van der Waals surface area contributed by atoms with Gasteiger partial charge in [0.1, 0.15) is 0 Å². The lowest BCUT2D eigenvalue weighted by molar-refractivity contribution is 0.731. The van der Waals surface area contributed by atoms with Gasteiger partial charge in [-0.2, -0.15) is 0 Å². The average molecular weight is 231 g/mol. The Labute approximate surface area is 100 Å². The van der Waals surface area contributed by atoms with Gasteiger partial charge in [-0.15, -0.1) is 0 Å². The number of anilines is 1. The molecule has 17 heavy (non-hydrogen) atoms. The molecule has 2 rings (SSSR count). The molecule has 0 spiro atoms. The molecule has 0 unspecified atom stereocenters. The fourth-order valence-electron chi connectivity index (χ4n) is 1.89. The van der Waals surface area contributed by atoms with E-state index in [1.54, 1.807) is 4.68 Å². The third-order valence-electron chi connectivity index (χ3n) is 3.03. The number of aromatic nitrogens is 2. The predicted octanol–water partition coefficient (Wildman–Crippen LogP) is 1.75. The molecule has 0 radical (unpaired) electrons. The van der Waals surface area contributed by atoms with Gasteiger partial charge in [-0.1, -0.05) is 12.1 Å². The molecule has 0 aliphatic heterocycles. The molecule has 4 heteroatoms. The van der Waals surface area contributed by atoms with Crippen LogP contribution in [0.15, 0.2) is 29.1 Å². The van der Waals surface area contributed by atoms with E-state index in [2.05, 4.69) is 5.10 Å². The van der Waals surface area contributed by atoms with Crippen LogP contribution in [0.1, 0.15) is 5.69 Å². The standard InChI is InChI=1S/C13H17N3O/c1-9-12(13(17)14-16(9)4)10-5-7-11(8-6-10)15(2)3/h5-8H,1-4H3,(H,14,17). The van der Waals surface area contributed by atoms with Crippen LogP contribution in [-0.4, -0.2) is 23.9 Å². The zero-order valence-corrected chi connectivity index (χ0v) is 10.6. The molecular weight excluding hydrogens is 214 g/mol. The van der Waals surface area contributed by atoms with Crippen molar-refractivity contribution in [3.8, 4) is 11.1 Å². The molecule has 0 aliphatic rings. The summed E-state index contributed by atoms with van der Waals surface area (Å²) in [5.74, 6) is 0. The van der Waals surface area contributed by atoms with Gasteiger partial charge in [-0.05, 0) is 24.6 Å². The normalized spacial score (nSPS) is 10.6. The maximum atomic E-state index is 11.8. The van der Waals surface area contributed by atoms with Gasteiger partial charge in [0, 0.05) is 32.5 Å². The van der Waals surface area contributed by atoms with Crippen molar-refractivity contribution in [2.24, 2.45) is 7.05 Å². The Balaban J connectivity index is 2.50. The van der Waals surface area contributed by atoms with Gasteiger partial charge in [-0.3, -0.25) is 14.6 Å². The summed E-state index contributed by atoms with van der Waals surface area (Å²) in [6, 6.07) is 7.99. The molecule has 0 fully saturated rings. The first-order valence-electron chi connectivity index (χ1n) is 5.54. The Morgan fingerprint density at radius 2 is 1.76 bits per heavy atom. The molecule has 2 aromatic rings. The van der Waals surface area contributed by atoms with E-state index < -0.39 is 0 Å². The van der Waals surface area contributed by atoms with Crippen LogP contribution in [0.2, 0.25) is 0 Å². The number of nitrogens with one attached hydrogen (secondary N) is 1. The van der Waals surface area contributed by atoms with E-state index in [9.17, 15) is 4.79 Å². The van der Waals surface area contributed by atoms with E-state index >= 15 is 0 Å². The van der Waals surface area contributed by atoms with Gasteiger partial charge in [0.25, 0.3) is 5.56 Å². The van der Waals surface area contributed by atoms with Crippen LogP contribution in [0, 0.1) is 6.92 Å². The maximum Gasteiger partial charge on any atom is 0.272 e. The second kappa shape index (κ2) is 4.13. The number of aromatic amines is 1. The second-order valence-electron chi connectivity index (χ2n) is 4.40. The lowest BCUT2D eigenvalue weighted by atomic mass is 10.1. The highest BCUT2D eigenvalue weighted by Crippen LogP contribution is 2.22. The summed E-state index contributed by atoms with van der Waals surface area (Å²) < 4.78 is 1.75. The first-order chi connectivity index (χ1) is 8.00. The number of benzene rings is 1. The maximum absolute atomic E-state index is 11.8. The number of hydrogen-bond acceptors (Lipinski definition) is 2. The van der Waals surface area contributed by atoms with Crippen molar-refractivity contribution in [1.29, 1.82) is 0 Å². The Bertz CT molecular complexity index is 576. The van der Waals surface area contributed by atoms with Crippen molar-refractivity contribution >= 4 is 5.69 Å². The van der Waals surface area contributed by atoms with Crippen molar-refractivity contribution in [2.75, 3.05) is 19.0 Å². The summed E-state index contributed by atoms with van der Waals surface area (Å²) in [7, 11) is 5.83. The van der Waals surface area contributed by atoms with Crippen LogP contribution in [0.3, 0.4) is 0 Å². The molecule has 0 bridgehead atoms. The Hall–Kier alpha value is -1.97. The molecule has 0 saturated heterocycles. The van der Waals surface area contributed by atoms with Crippen molar-refractivity contribution in [3.05, 3.63) is 40.3 Å². The summed E-state index contributed by atoms with van der Waals surface area (Å²) in [4.78, 5) is 13.8. The van der Waals surface area contributed by atoms with Gasteiger partial charge in [0.2, 0.25) is 0 Å². The highest BCUT2D eigenvalue weighted by atomic mass is 16.1. The van der Waals surface area contributed by atoms with Crippen LogP contribution < -0.4 is 10.5 Å². The van der Waals surface area contributed by atoms with Crippen LogP contribution in [0.25, 0.3) is 11.1 Å². The molecule has 1 heterocycles. The minimum Gasteiger partial charge on any atom is -0.378 e. The number of aryl methyl sites for hydroxylation is 1. The van der Waals surface area contributed by atoms with Gasteiger partial charge in [-0.25, -0.2) is 0 Å². The molecule has 1 N–H and O–H groups in total. The van der Waals surface area contributed by atoms with E-state index in [-0.39, 0.29) is 5.56 Å². The van der Waals surface area contributed by atoms with Crippen molar-refractivity contribution in [1.82, 2.24) is 9.78 Å². The molecule has 0 aliphatic carbocycles. The molecule has 4 nitrogen and oxygen atoms in total. The third-order valence-corrected chi connectivity index (χ3v) is 3.03. The van der Waals surface area contributed by atoms with Crippen molar-refractivity contribution in [2.45, 2.75) is 6.92 Å². The number of H-pyrrole nitrogens is 1. The van der Waals surface area contributed by atoms with Crippen LogP contribution in [0.5, 0.6) is 0 Å². The monoisotopic (exact) mass is 231 g/mol. The number of hydrogen-bond donors (Lipinski definition) is 1. The minimum absolute atomic E-state index is 0.0393. The smallest absolute Gasteiger partial charge is 0.272 e. The Morgan fingerprint density at radius 1 is 1.18 bits per heavy atom. The van der Waals surface area contributed by atoms with Gasteiger partial charge >= 0.3 is 0 Å². The van der Waals surface area contributed by atoms with Crippen LogP contribution in [-0.2, 0) is 7.05 Å². The van der Waals surface area contributed by atoms with Crippen molar-refractivity contribution in [3.63, 3.8) is 0 Å². The lowest BCUT2D eigenvalue weighted by Crippen LogP contribution is -2.08. The highest BCUT2D eigenvalue weighted by Gasteiger charge is 2.10. The second-order valence-corrected chi connectivity index (χ2v) is 4.40.